The van der Waals surface area contributed by atoms with Crippen LogP contribution >= 0.6 is 0 Å². The summed E-state index contributed by atoms with van der Waals surface area (Å²) in [6.07, 6.45) is -4.51. The molecule has 0 aromatic heterocycles. The molecule has 0 saturated heterocycles. The molecule has 130 valence electrons. The van der Waals surface area contributed by atoms with E-state index in [4.69, 9.17) is 4.74 Å². The maximum atomic E-state index is 14.4. The Morgan fingerprint density at radius 1 is 0.880 bits per heavy atom. The standard InChI is InChI=1S/C19H14F4O2/c1-24-15-6-2-12(3-7-15)13-4-8-16-14(10-13)5-9-17(18(16)20)25-11-19(21,22)23/h2-10H,11H2,1H3. The van der Waals surface area contributed by atoms with E-state index in [0.717, 1.165) is 16.9 Å². The van der Waals surface area contributed by atoms with E-state index >= 15 is 0 Å². The molecular formula is C19H14F4O2. The predicted octanol–water partition coefficient (Wildman–Crippen LogP) is 5.60. The highest BCUT2D eigenvalue weighted by Crippen LogP contribution is 2.31. The van der Waals surface area contributed by atoms with Gasteiger partial charge in [-0.3, -0.25) is 0 Å². The van der Waals surface area contributed by atoms with E-state index in [1.54, 1.807) is 19.2 Å². The average molecular weight is 350 g/mol. The van der Waals surface area contributed by atoms with Crippen LogP contribution in [0.2, 0.25) is 0 Å². The number of methoxy groups -OCH3 is 1. The molecule has 0 spiro atoms. The van der Waals surface area contributed by atoms with Gasteiger partial charge in [-0.05, 0) is 40.8 Å². The van der Waals surface area contributed by atoms with Gasteiger partial charge in [0.05, 0.1) is 7.11 Å². The number of rotatable bonds is 4. The van der Waals surface area contributed by atoms with Crippen molar-refractivity contribution in [3.05, 3.63) is 60.4 Å². The molecular weight excluding hydrogens is 336 g/mol. The van der Waals surface area contributed by atoms with Gasteiger partial charge in [0.15, 0.2) is 18.2 Å². The molecule has 0 radical (unpaired) electrons. The summed E-state index contributed by atoms with van der Waals surface area (Å²) in [5.74, 6) is -0.493. The van der Waals surface area contributed by atoms with Crippen LogP contribution in [0.5, 0.6) is 11.5 Å². The second kappa shape index (κ2) is 6.63. The zero-order chi connectivity index (χ0) is 18.0. The average Bonchev–Trinajstić information content (AvgIpc) is 2.60. The van der Waals surface area contributed by atoms with Crippen LogP contribution in [0.4, 0.5) is 17.6 Å². The van der Waals surface area contributed by atoms with E-state index in [1.165, 1.54) is 18.2 Å². The molecule has 0 atom stereocenters. The molecule has 0 amide bonds. The largest absolute Gasteiger partial charge is 0.497 e. The molecule has 3 rings (SSSR count). The van der Waals surface area contributed by atoms with Crippen LogP contribution in [-0.2, 0) is 0 Å². The summed E-state index contributed by atoms with van der Waals surface area (Å²) in [5, 5.41) is 0.780. The highest BCUT2D eigenvalue weighted by Gasteiger charge is 2.29. The van der Waals surface area contributed by atoms with Crippen LogP contribution in [-0.4, -0.2) is 19.9 Å². The first kappa shape index (κ1) is 17.1. The second-order valence-electron chi connectivity index (χ2n) is 5.45. The quantitative estimate of drug-likeness (QED) is 0.571. The van der Waals surface area contributed by atoms with Crippen LogP contribution in [0.25, 0.3) is 21.9 Å². The van der Waals surface area contributed by atoms with E-state index in [-0.39, 0.29) is 5.39 Å². The van der Waals surface area contributed by atoms with Crippen molar-refractivity contribution in [3.63, 3.8) is 0 Å². The van der Waals surface area contributed by atoms with E-state index in [9.17, 15) is 17.6 Å². The molecule has 2 nitrogen and oxygen atoms in total. The van der Waals surface area contributed by atoms with E-state index in [0.29, 0.717) is 5.39 Å². The molecule has 0 saturated carbocycles. The molecule has 0 heterocycles. The Morgan fingerprint density at radius 3 is 2.20 bits per heavy atom. The van der Waals surface area contributed by atoms with Gasteiger partial charge in [0.25, 0.3) is 0 Å². The summed E-state index contributed by atoms with van der Waals surface area (Å²) in [6, 6.07) is 15.1. The van der Waals surface area contributed by atoms with Crippen molar-refractivity contribution in [2.45, 2.75) is 6.18 Å². The number of fused-ring (bicyclic) bond motifs is 1. The number of hydrogen-bond donors (Lipinski definition) is 0. The molecule has 0 aliphatic heterocycles. The van der Waals surface area contributed by atoms with Crippen molar-refractivity contribution < 1.29 is 27.0 Å². The number of hydrogen-bond acceptors (Lipinski definition) is 2. The Kier molecular flexibility index (Phi) is 4.53. The lowest BCUT2D eigenvalue weighted by Crippen LogP contribution is -2.19. The van der Waals surface area contributed by atoms with Gasteiger partial charge in [-0.2, -0.15) is 13.2 Å². The number of halogens is 4. The van der Waals surface area contributed by atoms with E-state index in [2.05, 4.69) is 4.74 Å². The van der Waals surface area contributed by atoms with Crippen LogP contribution in [0.15, 0.2) is 54.6 Å². The number of ether oxygens (including phenoxy) is 2. The van der Waals surface area contributed by atoms with Crippen LogP contribution < -0.4 is 9.47 Å². The molecule has 6 heteroatoms. The Hall–Kier alpha value is -2.76. The minimum Gasteiger partial charge on any atom is -0.497 e. The lowest BCUT2D eigenvalue weighted by molar-refractivity contribution is -0.153. The Morgan fingerprint density at radius 2 is 1.56 bits per heavy atom. The monoisotopic (exact) mass is 350 g/mol. The first-order chi connectivity index (χ1) is 11.9. The molecule has 0 unspecified atom stereocenters. The molecule has 0 aliphatic rings. The van der Waals surface area contributed by atoms with Crippen LogP contribution in [0.3, 0.4) is 0 Å². The Bertz CT molecular complexity index is 886. The van der Waals surface area contributed by atoms with Gasteiger partial charge in [0, 0.05) is 5.39 Å². The minimum absolute atomic E-state index is 0.205. The fraction of sp³-hybridized carbons (Fsp3) is 0.158. The van der Waals surface area contributed by atoms with Crippen molar-refractivity contribution in [1.82, 2.24) is 0 Å². The fourth-order valence-electron chi connectivity index (χ4n) is 2.51. The first-order valence-corrected chi connectivity index (χ1v) is 7.43. The topological polar surface area (TPSA) is 18.5 Å². The second-order valence-corrected chi connectivity index (χ2v) is 5.45. The number of benzene rings is 3. The lowest BCUT2D eigenvalue weighted by Gasteiger charge is -2.12. The molecule has 3 aromatic rings. The van der Waals surface area contributed by atoms with Crippen LogP contribution in [0, 0.1) is 5.82 Å². The van der Waals surface area contributed by atoms with Gasteiger partial charge in [-0.25, -0.2) is 4.39 Å². The zero-order valence-electron chi connectivity index (χ0n) is 13.2. The summed E-state index contributed by atoms with van der Waals surface area (Å²) in [6.45, 7) is -1.53. The molecule has 3 aromatic carbocycles. The van der Waals surface area contributed by atoms with Crippen molar-refractivity contribution >= 4 is 10.8 Å². The van der Waals surface area contributed by atoms with Gasteiger partial charge >= 0.3 is 6.18 Å². The van der Waals surface area contributed by atoms with Gasteiger partial charge < -0.3 is 9.47 Å². The molecule has 0 fully saturated rings. The van der Waals surface area contributed by atoms with Crippen molar-refractivity contribution in [1.29, 1.82) is 0 Å². The van der Waals surface area contributed by atoms with Gasteiger partial charge in [0.1, 0.15) is 5.75 Å². The number of alkyl halides is 3. The fourth-order valence-corrected chi connectivity index (χ4v) is 2.51. The lowest BCUT2D eigenvalue weighted by atomic mass is 10.0. The molecule has 0 N–H and O–H groups in total. The zero-order valence-corrected chi connectivity index (χ0v) is 13.2. The molecule has 25 heavy (non-hydrogen) atoms. The van der Waals surface area contributed by atoms with E-state index < -0.39 is 24.3 Å². The summed E-state index contributed by atoms with van der Waals surface area (Å²) >= 11 is 0. The minimum atomic E-state index is -4.51. The summed E-state index contributed by atoms with van der Waals surface area (Å²) in [5.41, 5.74) is 1.78. The summed E-state index contributed by atoms with van der Waals surface area (Å²) in [7, 11) is 1.58. The van der Waals surface area contributed by atoms with E-state index in [1.807, 2.05) is 24.3 Å². The summed E-state index contributed by atoms with van der Waals surface area (Å²) < 4.78 is 60.7. The van der Waals surface area contributed by atoms with Crippen molar-refractivity contribution in [2.75, 3.05) is 13.7 Å². The van der Waals surface area contributed by atoms with Gasteiger partial charge in [-0.1, -0.05) is 30.3 Å². The normalized spacial score (nSPS) is 11.6. The highest BCUT2D eigenvalue weighted by atomic mass is 19.4. The summed E-state index contributed by atoms with van der Waals surface area (Å²) in [4.78, 5) is 0. The third-order valence-electron chi connectivity index (χ3n) is 3.73. The van der Waals surface area contributed by atoms with Crippen molar-refractivity contribution in [2.24, 2.45) is 0 Å². The first-order valence-electron chi connectivity index (χ1n) is 7.43. The molecule has 0 bridgehead atoms. The van der Waals surface area contributed by atoms with Crippen LogP contribution in [0.1, 0.15) is 0 Å². The Labute approximate surface area is 141 Å². The third-order valence-corrected chi connectivity index (χ3v) is 3.73. The third kappa shape index (κ3) is 3.84. The van der Waals surface area contributed by atoms with Gasteiger partial charge in [-0.15, -0.1) is 0 Å². The highest BCUT2D eigenvalue weighted by molar-refractivity contribution is 5.89. The SMILES string of the molecule is COc1ccc(-c2ccc3c(F)c(OCC(F)(F)F)ccc3c2)cc1. The van der Waals surface area contributed by atoms with Crippen molar-refractivity contribution in [3.8, 4) is 22.6 Å². The Balaban J connectivity index is 1.93. The predicted molar refractivity (Wildman–Crippen MR) is 87.4 cm³/mol. The van der Waals surface area contributed by atoms with Gasteiger partial charge in [0.2, 0.25) is 0 Å². The maximum absolute atomic E-state index is 14.4. The smallest absolute Gasteiger partial charge is 0.422 e. The molecule has 0 aliphatic carbocycles. The maximum Gasteiger partial charge on any atom is 0.422 e.